The largest absolute Gasteiger partial charge is 0.397 e. The van der Waals surface area contributed by atoms with Crippen molar-refractivity contribution in [1.82, 2.24) is 24.1 Å². The van der Waals surface area contributed by atoms with Gasteiger partial charge in [0.15, 0.2) is 17.5 Å². The monoisotopic (exact) mass is 496 g/mol. The Kier molecular flexibility index (Phi) is 5.37. The third-order valence-electron chi connectivity index (χ3n) is 6.41. The van der Waals surface area contributed by atoms with Crippen LogP contribution in [0.2, 0.25) is 0 Å². The van der Waals surface area contributed by atoms with Crippen LogP contribution in [0.3, 0.4) is 0 Å². The normalized spacial score (nSPS) is 17.8. The zero-order chi connectivity index (χ0) is 25.1. The van der Waals surface area contributed by atoms with Crippen molar-refractivity contribution < 1.29 is 12.8 Å². The number of hydrogen-bond acceptors (Lipinski definition) is 8. The quantitative estimate of drug-likeness (QED) is 0.367. The van der Waals surface area contributed by atoms with Gasteiger partial charge in [0.2, 0.25) is 10.0 Å². The van der Waals surface area contributed by atoms with Gasteiger partial charge in [-0.15, -0.1) is 0 Å². The Bertz CT molecular complexity index is 1580. The van der Waals surface area contributed by atoms with E-state index in [2.05, 4.69) is 20.4 Å². The first-order valence-corrected chi connectivity index (χ1v) is 12.5. The third-order valence-corrected chi connectivity index (χ3v) is 8.08. The SMILES string of the molecule is Cc1c(N)cncc1-c1cc2cc(Nc3cc4n(n3)CS(=O)(=O)N(C)CC4C)ncc2c(N)c1F. The van der Waals surface area contributed by atoms with Crippen LogP contribution in [0.1, 0.15) is 24.1 Å². The Labute approximate surface area is 201 Å². The standard InChI is InChI=1S/C23H25FN8O2S/c1-12-10-31(3)35(33,34)11-32-19(12)6-21(30-32)29-20-5-14-4-15(16-7-27-9-18(25)13(16)2)22(24)23(26)17(14)8-28-20/h4-9,12H,10-11,25-26H2,1-3H3,(H,28,29,30). The average molecular weight is 497 g/mol. The summed E-state index contributed by atoms with van der Waals surface area (Å²) < 4.78 is 42.9. The Balaban J connectivity index is 1.54. The molecule has 4 heterocycles. The fraction of sp³-hybridized carbons (Fsp3) is 0.261. The molecule has 0 spiro atoms. The van der Waals surface area contributed by atoms with Gasteiger partial charge in [0.25, 0.3) is 0 Å². The molecule has 5 rings (SSSR count). The molecule has 5 N–H and O–H groups in total. The van der Waals surface area contributed by atoms with Crippen LogP contribution in [-0.4, -0.2) is 46.1 Å². The van der Waals surface area contributed by atoms with Crippen LogP contribution in [-0.2, 0) is 15.9 Å². The molecule has 0 amide bonds. The maximum Gasteiger partial charge on any atom is 0.234 e. The molecule has 1 unspecified atom stereocenters. The Morgan fingerprint density at radius 1 is 1.11 bits per heavy atom. The number of aromatic nitrogens is 4. The molecule has 1 aliphatic rings. The molecule has 4 aromatic rings. The van der Waals surface area contributed by atoms with Crippen molar-refractivity contribution in [3.63, 3.8) is 0 Å². The number of sulfonamides is 1. The molecular formula is C23H25FN8O2S. The molecule has 0 radical (unpaired) electrons. The van der Waals surface area contributed by atoms with Gasteiger partial charge in [-0.2, -0.15) is 5.10 Å². The van der Waals surface area contributed by atoms with E-state index in [0.29, 0.717) is 51.3 Å². The third kappa shape index (κ3) is 3.94. The van der Waals surface area contributed by atoms with Gasteiger partial charge in [-0.3, -0.25) is 9.67 Å². The van der Waals surface area contributed by atoms with E-state index in [4.69, 9.17) is 11.5 Å². The zero-order valence-corrected chi connectivity index (χ0v) is 20.3. The van der Waals surface area contributed by atoms with Gasteiger partial charge in [0, 0.05) is 60.2 Å². The molecule has 0 saturated heterocycles. The van der Waals surface area contributed by atoms with E-state index in [-0.39, 0.29) is 17.5 Å². The highest BCUT2D eigenvalue weighted by molar-refractivity contribution is 7.88. The summed E-state index contributed by atoms with van der Waals surface area (Å²) >= 11 is 0. The van der Waals surface area contributed by atoms with Gasteiger partial charge in [-0.25, -0.2) is 22.1 Å². The predicted octanol–water partition coefficient (Wildman–Crippen LogP) is 3.19. The first-order chi connectivity index (χ1) is 16.5. The summed E-state index contributed by atoms with van der Waals surface area (Å²) in [4.78, 5) is 8.45. The summed E-state index contributed by atoms with van der Waals surface area (Å²) in [5.74, 6) is 0.0873. The summed E-state index contributed by atoms with van der Waals surface area (Å²) in [5, 5.41) is 8.70. The highest BCUT2D eigenvalue weighted by Crippen LogP contribution is 2.36. The summed E-state index contributed by atoms with van der Waals surface area (Å²) in [5.41, 5.74) is 14.9. The molecule has 0 saturated carbocycles. The van der Waals surface area contributed by atoms with Crippen molar-refractivity contribution in [2.75, 3.05) is 30.4 Å². The first kappa shape index (κ1) is 23.0. The van der Waals surface area contributed by atoms with E-state index >= 15 is 4.39 Å². The molecule has 3 aromatic heterocycles. The number of likely N-dealkylation sites (N-methyl/N-ethyl adjacent to an activating group) is 1. The minimum absolute atomic E-state index is 0.0183. The molecule has 0 bridgehead atoms. The van der Waals surface area contributed by atoms with E-state index in [0.717, 1.165) is 5.69 Å². The van der Waals surface area contributed by atoms with E-state index in [9.17, 15) is 8.42 Å². The molecule has 1 aliphatic heterocycles. The van der Waals surface area contributed by atoms with Crippen molar-refractivity contribution in [2.24, 2.45) is 0 Å². The predicted molar refractivity (Wildman–Crippen MR) is 134 cm³/mol. The molecule has 1 atom stereocenters. The number of anilines is 4. The molecule has 0 fully saturated rings. The van der Waals surface area contributed by atoms with Crippen LogP contribution in [0.15, 0.2) is 36.8 Å². The highest BCUT2D eigenvalue weighted by Gasteiger charge is 2.29. The lowest BCUT2D eigenvalue weighted by atomic mass is 9.97. The van der Waals surface area contributed by atoms with Crippen molar-refractivity contribution >= 4 is 43.8 Å². The maximum absolute atomic E-state index is 15.2. The van der Waals surface area contributed by atoms with Crippen LogP contribution in [0, 0.1) is 12.7 Å². The molecule has 0 aliphatic carbocycles. The van der Waals surface area contributed by atoms with Gasteiger partial charge >= 0.3 is 0 Å². The van der Waals surface area contributed by atoms with Crippen LogP contribution in [0.5, 0.6) is 0 Å². The van der Waals surface area contributed by atoms with Crippen LogP contribution in [0.4, 0.5) is 27.4 Å². The number of halogens is 1. The average Bonchev–Trinajstić information content (AvgIpc) is 3.16. The molecule has 182 valence electrons. The Hall–Kier alpha value is -3.77. The minimum Gasteiger partial charge on any atom is -0.397 e. The lowest BCUT2D eigenvalue weighted by molar-refractivity contribution is 0.452. The van der Waals surface area contributed by atoms with Crippen molar-refractivity contribution in [3.05, 3.63) is 53.9 Å². The topological polar surface area (TPSA) is 145 Å². The summed E-state index contributed by atoms with van der Waals surface area (Å²) in [6.07, 6.45) is 4.57. The van der Waals surface area contributed by atoms with Crippen molar-refractivity contribution in [2.45, 2.75) is 25.6 Å². The van der Waals surface area contributed by atoms with E-state index in [1.54, 1.807) is 32.3 Å². The number of fused-ring (bicyclic) bond motifs is 2. The molecule has 10 nitrogen and oxygen atoms in total. The van der Waals surface area contributed by atoms with Crippen LogP contribution < -0.4 is 16.8 Å². The van der Waals surface area contributed by atoms with Gasteiger partial charge in [-0.1, -0.05) is 6.92 Å². The van der Waals surface area contributed by atoms with Gasteiger partial charge in [-0.05, 0) is 30.0 Å². The van der Waals surface area contributed by atoms with E-state index in [1.165, 1.54) is 21.4 Å². The van der Waals surface area contributed by atoms with Crippen molar-refractivity contribution in [1.29, 1.82) is 0 Å². The second kappa shape index (κ2) is 8.17. The van der Waals surface area contributed by atoms with Crippen LogP contribution >= 0.6 is 0 Å². The van der Waals surface area contributed by atoms with E-state index < -0.39 is 15.8 Å². The highest BCUT2D eigenvalue weighted by atomic mass is 32.2. The number of hydrogen-bond donors (Lipinski definition) is 3. The fourth-order valence-corrected chi connectivity index (χ4v) is 5.51. The van der Waals surface area contributed by atoms with Crippen molar-refractivity contribution in [3.8, 4) is 11.1 Å². The second-order valence-electron chi connectivity index (χ2n) is 8.85. The summed E-state index contributed by atoms with van der Waals surface area (Å²) in [6.45, 7) is 4.12. The smallest absolute Gasteiger partial charge is 0.234 e. The number of pyridine rings is 2. The Morgan fingerprint density at radius 2 is 1.89 bits per heavy atom. The maximum atomic E-state index is 15.2. The first-order valence-electron chi connectivity index (χ1n) is 10.9. The Morgan fingerprint density at radius 3 is 2.66 bits per heavy atom. The van der Waals surface area contributed by atoms with E-state index in [1.807, 2.05) is 13.0 Å². The number of nitrogens with two attached hydrogens (primary N) is 2. The van der Waals surface area contributed by atoms with Gasteiger partial charge in [0.05, 0.1) is 17.6 Å². The molecule has 35 heavy (non-hydrogen) atoms. The number of benzene rings is 1. The number of nitrogens with zero attached hydrogens (tertiary/aromatic N) is 5. The minimum atomic E-state index is -3.45. The lowest BCUT2D eigenvalue weighted by Crippen LogP contribution is -2.29. The molecule has 1 aromatic carbocycles. The molecule has 12 heteroatoms. The number of nitrogens with one attached hydrogen (secondary N) is 1. The zero-order valence-electron chi connectivity index (χ0n) is 19.4. The summed E-state index contributed by atoms with van der Waals surface area (Å²) in [6, 6.07) is 5.24. The lowest BCUT2D eigenvalue weighted by Gasteiger charge is -2.15. The van der Waals surface area contributed by atoms with Crippen LogP contribution in [0.25, 0.3) is 21.9 Å². The van der Waals surface area contributed by atoms with Gasteiger partial charge < -0.3 is 16.8 Å². The second-order valence-corrected chi connectivity index (χ2v) is 10.9. The summed E-state index contributed by atoms with van der Waals surface area (Å²) in [7, 11) is -1.88. The fourth-order valence-electron chi connectivity index (χ4n) is 4.34. The number of nitrogen functional groups attached to an aromatic ring is 2. The molecular weight excluding hydrogens is 471 g/mol. The van der Waals surface area contributed by atoms with Gasteiger partial charge in [0.1, 0.15) is 5.82 Å². The number of rotatable bonds is 3.